The van der Waals surface area contributed by atoms with Crippen molar-refractivity contribution in [3.63, 3.8) is 0 Å². The average molecular weight is 427 g/mol. The van der Waals surface area contributed by atoms with Crippen molar-refractivity contribution in [2.45, 2.75) is 24.8 Å². The molecular formula is C22H21NO6S. The smallest absolute Gasteiger partial charge is 0.339 e. The van der Waals surface area contributed by atoms with E-state index < -0.39 is 21.7 Å². The van der Waals surface area contributed by atoms with Crippen LogP contribution in [-0.2, 0) is 10.0 Å². The Balaban J connectivity index is 2.04. The van der Waals surface area contributed by atoms with Gasteiger partial charge < -0.3 is 14.9 Å². The largest absolute Gasteiger partial charge is 0.507 e. The summed E-state index contributed by atoms with van der Waals surface area (Å²) in [4.78, 5) is 11.0. The maximum absolute atomic E-state index is 13.1. The second-order valence-corrected chi connectivity index (χ2v) is 8.49. The lowest BCUT2D eigenvalue weighted by Gasteiger charge is -2.17. The summed E-state index contributed by atoms with van der Waals surface area (Å²) in [5.74, 6) is -1.67. The quantitative estimate of drug-likeness (QED) is 0.517. The number of carbonyl (C=O) groups is 1. The van der Waals surface area contributed by atoms with Crippen molar-refractivity contribution in [1.82, 2.24) is 0 Å². The first kappa shape index (κ1) is 21.2. The van der Waals surface area contributed by atoms with Gasteiger partial charge in [-0.1, -0.05) is 36.4 Å². The molecule has 30 heavy (non-hydrogen) atoms. The maximum Gasteiger partial charge on any atom is 0.339 e. The van der Waals surface area contributed by atoms with Crippen molar-refractivity contribution in [2.24, 2.45) is 0 Å². The molecule has 0 spiro atoms. The molecule has 0 aliphatic carbocycles. The summed E-state index contributed by atoms with van der Waals surface area (Å²) in [5, 5.41) is 18.9. The molecule has 3 N–H and O–H groups in total. The molecule has 3 rings (SSSR count). The number of hydrogen-bond donors (Lipinski definition) is 3. The fourth-order valence-corrected chi connectivity index (χ4v) is 4.08. The Bertz CT molecular complexity index is 1170. The zero-order valence-electron chi connectivity index (χ0n) is 16.4. The van der Waals surface area contributed by atoms with E-state index in [-0.39, 0.29) is 28.0 Å². The second-order valence-electron chi connectivity index (χ2n) is 6.84. The summed E-state index contributed by atoms with van der Waals surface area (Å²) >= 11 is 0. The van der Waals surface area contributed by atoms with Crippen molar-refractivity contribution in [3.05, 3.63) is 72.3 Å². The fourth-order valence-electron chi connectivity index (χ4n) is 2.87. The Labute approximate surface area is 174 Å². The molecule has 0 unspecified atom stereocenters. The number of rotatable bonds is 7. The molecule has 156 valence electrons. The van der Waals surface area contributed by atoms with Crippen LogP contribution in [0.5, 0.6) is 11.5 Å². The third kappa shape index (κ3) is 4.72. The van der Waals surface area contributed by atoms with E-state index in [0.29, 0.717) is 5.56 Å². The van der Waals surface area contributed by atoms with Crippen LogP contribution >= 0.6 is 0 Å². The highest BCUT2D eigenvalue weighted by Crippen LogP contribution is 2.32. The van der Waals surface area contributed by atoms with E-state index in [9.17, 15) is 18.3 Å². The van der Waals surface area contributed by atoms with Gasteiger partial charge >= 0.3 is 5.97 Å². The predicted octanol–water partition coefficient (Wildman–Crippen LogP) is 4.35. The summed E-state index contributed by atoms with van der Waals surface area (Å²) in [5.41, 5.74) is 1.23. The van der Waals surface area contributed by atoms with Crippen LogP contribution in [0.25, 0.3) is 11.1 Å². The standard InChI is InChI=1S/C22H21NO6S/c1-14(2)29-20-11-8-16(15-6-4-3-5-7-15)12-21(20)30(27,28)23-17-9-10-18(22(25)26)19(24)13-17/h3-14,23-24H,1-2H3,(H,25,26). The van der Waals surface area contributed by atoms with E-state index in [0.717, 1.165) is 17.7 Å². The van der Waals surface area contributed by atoms with Crippen LogP contribution < -0.4 is 9.46 Å². The lowest BCUT2D eigenvalue weighted by Crippen LogP contribution is -2.16. The van der Waals surface area contributed by atoms with E-state index in [1.54, 1.807) is 26.0 Å². The highest BCUT2D eigenvalue weighted by molar-refractivity contribution is 7.92. The van der Waals surface area contributed by atoms with Crippen LogP contribution in [0.15, 0.2) is 71.6 Å². The number of sulfonamides is 1. The predicted molar refractivity (Wildman–Crippen MR) is 114 cm³/mol. The molecule has 3 aromatic rings. The van der Waals surface area contributed by atoms with Crippen LogP contribution in [0.2, 0.25) is 0 Å². The number of nitrogens with one attached hydrogen (secondary N) is 1. The third-order valence-electron chi connectivity index (χ3n) is 4.18. The van der Waals surface area contributed by atoms with Crippen molar-refractivity contribution >= 4 is 21.7 Å². The highest BCUT2D eigenvalue weighted by atomic mass is 32.2. The van der Waals surface area contributed by atoms with Gasteiger partial charge in [-0.3, -0.25) is 4.72 Å². The van der Waals surface area contributed by atoms with Gasteiger partial charge in [0, 0.05) is 6.07 Å². The minimum absolute atomic E-state index is 0.0260. The number of phenols is 1. The van der Waals surface area contributed by atoms with Crippen molar-refractivity contribution < 1.29 is 28.2 Å². The molecule has 8 heteroatoms. The number of aromatic carboxylic acids is 1. The van der Waals surface area contributed by atoms with Gasteiger partial charge in [-0.15, -0.1) is 0 Å². The molecule has 0 radical (unpaired) electrons. The number of aromatic hydroxyl groups is 1. The molecule has 0 atom stereocenters. The van der Waals surface area contributed by atoms with E-state index in [1.807, 2.05) is 30.3 Å². The number of benzene rings is 3. The molecule has 0 aromatic heterocycles. The minimum Gasteiger partial charge on any atom is -0.507 e. The number of anilines is 1. The van der Waals surface area contributed by atoms with Gasteiger partial charge in [0.05, 0.1) is 11.8 Å². The van der Waals surface area contributed by atoms with Crippen molar-refractivity contribution in [3.8, 4) is 22.6 Å². The van der Waals surface area contributed by atoms with E-state index in [4.69, 9.17) is 9.84 Å². The first-order valence-electron chi connectivity index (χ1n) is 9.12. The maximum atomic E-state index is 13.1. The molecule has 0 aliphatic heterocycles. The van der Waals surface area contributed by atoms with Gasteiger partial charge in [-0.25, -0.2) is 13.2 Å². The van der Waals surface area contributed by atoms with Crippen LogP contribution in [0, 0.1) is 0 Å². The van der Waals surface area contributed by atoms with Crippen LogP contribution in [0.1, 0.15) is 24.2 Å². The summed E-state index contributed by atoms with van der Waals surface area (Å²) in [6.07, 6.45) is -0.250. The Kier molecular flexibility index (Phi) is 5.98. The molecule has 0 heterocycles. The first-order chi connectivity index (χ1) is 14.2. The molecule has 3 aromatic carbocycles. The molecule has 0 saturated carbocycles. The van der Waals surface area contributed by atoms with E-state index >= 15 is 0 Å². The SMILES string of the molecule is CC(C)Oc1ccc(-c2ccccc2)cc1S(=O)(=O)Nc1ccc(C(=O)O)c(O)c1. The van der Waals surface area contributed by atoms with Crippen LogP contribution in [0.3, 0.4) is 0 Å². The molecular weight excluding hydrogens is 406 g/mol. The molecule has 0 bridgehead atoms. The van der Waals surface area contributed by atoms with Gasteiger partial charge in [0.25, 0.3) is 10.0 Å². The molecule has 0 amide bonds. The topological polar surface area (TPSA) is 113 Å². The Hall–Kier alpha value is -3.52. The zero-order valence-corrected chi connectivity index (χ0v) is 17.2. The fraction of sp³-hybridized carbons (Fsp3) is 0.136. The average Bonchev–Trinajstić information content (AvgIpc) is 2.68. The Morgan fingerprint density at radius 2 is 1.67 bits per heavy atom. The van der Waals surface area contributed by atoms with Crippen molar-refractivity contribution in [1.29, 1.82) is 0 Å². The van der Waals surface area contributed by atoms with Crippen LogP contribution in [0.4, 0.5) is 5.69 Å². The summed E-state index contributed by atoms with van der Waals surface area (Å²) < 4.78 is 34.3. The normalized spacial score (nSPS) is 11.3. The number of carboxylic acid groups (broad SMARTS) is 1. The lowest BCUT2D eigenvalue weighted by molar-refractivity contribution is 0.0693. The molecule has 7 nitrogen and oxygen atoms in total. The second kappa shape index (κ2) is 8.46. The van der Waals surface area contributed by atoms with Crippen molar-refractivity contribution in [2.75, 3.05) is 4.72 Å². The van der Waals surface area contributed by atoms with E-state index in [1.165, 1.54) is 12.1 Å². The van der Waals surface area contributed by atoms with Gasteiger partial charge in [0.15, 0.2) is 0 Å². The lowest BCUT2D eigenvalue weighted by atomic mass is 10.1. The summed E-state index contributed by atoms with van der Waals surface area (Å²) in [6, 6.07) is 17.6. The summed E-state index contributed by atoms with van der Waals surface area (Å²) in [7, 11) is -4.10. The molecule has 0 saturated heterocycles. The zero-order chi connectivity index (χ0) is 21.9. The number of carboxylic acids is 1. The third-order valence-corrected chi connectivity index (χ3v) is 5.59. The van der Waals surface area contributed by atoms with Gasteiger partial charge in [0.1, 0.15) is 22.0 Å². The highest BCUT2D eigenvalue weighted by Gasteiger charge is 2.22. The molecule has 0 fully saturated rings. The Morgan fingerprint density at radius 3 is 2.27 bits per heavy atom. The van der Waals surface area contributed by atoms with Crippen LogP contribution in [-0.4, -0.2) is 30.7 Å². The molecule has 0 aliphatic rings. The number of ether oxygens (including phenoxy) is 1. The van der Waals surface area contributed by atoms with Gasteiger partial charge in [-0.2, -0.15) is 0 Å². The van der Waals surface area contributed by atoms with Gasteiger partial charge in [0.2, 0.25) is 0 Å². The first-order valence-corrected chi connectivity index (χ1v) is 10.6. The van der Waals surface area contributed by atoms with E-state index in [2.05, 4.69) is 4.72 Å². The van der Waals surface area contributed by atoms with Gasteiger partial charge in [-0.05, 0) is 49.2 Å². The number of hydrogen-bond acceptors (Lipinski definition) is 5. The summed E-state index contributed by atoms with van der Waals surface area (Å²) in [6.45, 7) is 3.58. The Morgan fingerprint density at radius 1 is 0.967 bits per heavy atom. The minimum atomic E-state index is -4.10. The monoisotopic (exact) mass is 427 g/mol.